The summed E-state index contributed by atoms with van der Waals surface area (Å²) in [6.07, 6.45) is 5.91. The van der Waals surface area contributed by atoms with E-state index in [1.165, 1.54) is 17.7 Å². The third-order valence-corrected chi connectivity index (χ3v) is 8.90. The van der Waals surface area contributed by atoms with Crippen molar-refractivity contribution in [3.63, 3.8) is 0 Å². The van der Waals surface area contributed by atoms with Crippen LogP contribution in [0.1, 0.15) is 36.6 Å². The topological polar surface area (TPSA) is 104 Å². The average molecular weight is 539 g/mol. The number of likely N-dealkylation sites (N-methyl/N-ethyl adjacent to an activating group) is 1. The molecule has 4 aliphatic rings. The molecular weight excluding hydrogens is 504 g/mol. The van der Waals surface area contributed by atoms with Crippen molar-refractivity contribution in [3.8, 4) is 5.82 Å². The van der Waals surface area contributed by atoms with Gasteiger partial charge in [0, 0.05) is 42.7 Å². The van der Waals surface area contributed by atoms with E-state index in [0.29, 0.717) is 47.0 Å². The summed E-state index contributed by atoms with van der Waals surface area (Å²) in [6.45, 7) is 10.1. The summed E-state index contributed by atoms with van der Waals surface area (Å²) in [7, 11) is 2.22. The Morgan fingerprint density at radius 3 is 2.73 bits per heavy atom. The smallest absolute Gasteiger partial charge is 0.278 e. The molecule has 3 saturated heterocycles. The second-order valence-electron chi connectivity index (χ2n) is 11.6. The first-order valence-corrected chi connectivity index (χ1v) is 13.9. The van der Waals surface area contributed by atoms with Gasteiger partial charge in [0.1, 0.15) is 11.0 Å². The number of nitrogens with one attached hydrogen (secondary N) is 1. The summed E-state index contributed by atoms with van der Waals surface area (Å²) >= 11 is 0. The van der Waals surface area contributed by atoms with E-state index in [1.807, 2.05) is 12.1 Å². The summed E-state index contributed by atoms with van der Waals surface area (Å²) in [5.74, 6) is 0.906. The first-order chi connectivity index (χ1) is 19.2. The normalized spacial score (nSPS) is 23.8. The van der Waals surface area contributed by atoms with Crippen LogP contribution in [-0.4, -0.2) is 66.5 Å². The maximum atomic E-state index is 13.3. The van der Waals surface area contributed by atoms with Gasteiger partial charge in [-0.2, -0.15) is 4.98 Å². The fourth-order valence-corrected chi connectivity index (χ4v) is 6.58. The molecule has 2 bridgehead atoms. The third-order valence-electron chi connectivity index (χ3n) is 8.90. The third kappa shape index (κ3) is 3.85. The molecule has 3 unspecified atom stereocenters. The molecule has 0 spiro atoms. The van der Waals surface area contributed by atoms with Gasteiger partial charge in [-0.05, 0) is 75.5 Å². The van der Waals surface area contributed by atoms with Gasteiger partial charge in [-0.15, -0.1) is 6.58 Å². The molecule has 3 aromatic heterocycles. The van der Waals surface area contributed by atoms with Gasteiger partial charge in [0.2, 0.25) is 5.95 Å². The average Bonchev–Trinajstić information content (AvgIpc) is 3.40. The molecule has 10 heteroatoms. The van der Waals surface area contributed by atoms with Gasteiger partial charge in [-0.3, -0.25) is 9.69 Å². The first kappa shape index (κ1) is 25.0. The van der Waals surface area contributed by atoms with E-state index in [0.717, 1.165) is 30.8 Å². The van der Waals surface area contributed by atoms with E-state index in [9.17, 15) is 9.90 Å². The van der Waals surface area contributed by atoms with E-state index in [1.54, 1.807) is 28.6 Å². The summed E-state index contributed by atoms with van der Waals surface area (Å²) in [5, 5.41) is 14.6. The second-order valence-corrected chi connectivity index (χ2v) is 11.6. The number of aromatic nitrogens is 5. The van der Waals surface area contributed by atoms with Gasteiger partial charge in [0.25, 0.3) is 5.56 Å². The molecule has 8 rings (SSSR count). The van der Waals surface area contributed by atoms with Crippen LogP contribution in [0, 0.1) is 6.92 Å². The van der Waals surface area contributed by atoms with E-state index in [2.05, 4.69) is 58.9 Å². The number of anilines is 3. The number of aryl methyl sites for hydroxylation is 2. The minimum absolute atomic E-state index is 0.221. The molecule has 40 heavy (non-hydrogen) atoms. The number of piperidine rings is 1. The van der Waals surface area contributed by atoms with Gasteiger partial charge in [0.15, 0.2) is 11.5 Å². The zero-order chi connectivity index (χ0) is 27.8. The molecule has 0 amide bonds. The van der Waals surface area contributed by atoms with Crippen molar-refractivity contribution in [1.29, 1.82) is 0 Å². The van der Waals surface area contributed by atoms with Crippen LogP contribution in [0.2, 0.25) is 0 Å². The summed E-state index contributed by atoms with van der Waals surface area (Å²) in [6, 6.07) is 11.5. The Morgan fingerprint density at radius 2 is 2.00 bits per heavy atom. The van der Waals surface area contributed by atoms with Gasteiger partial charge in [-0.1, -0.05) is 12.1 Å². The molecule has 1 aliphatic carbocycles. The minimum atomic E-state index is -1.01. The fraction of sp³-hybridized carbons (Fsp3) is 0.400. The van der Waals surface area contributed by atoms with Crippen LogP contribution < -0.4 is 15.8 Å². The van der Waals surface area contributed by atoms with Crippen molar-refractivity contribution < 1.29 is 5.11 Å². The van der Waals surface area contributed by atoms with Crippen LogP contribution in [0.4, 0.5) is 17.3 Å². The number of hydrogen-bond acceptors (Lipinski definition) is 8. The minimum Gasteiger partial charge on any atom is -0.384 e. The Morgan fingerprint density at radius 1 is 1.20 bits per heavy atom. The van der Waals surface area contributed by atoms with E-state index in [-0.39, 0.29) is 12.1 Å². The molecule has 1 aromatic carbocycles. The van der Waals surface area contributed by atoms with E-state index < -0.39 is 5.60 Å². The SMILES string of the molecule is C=CCn1c(=O)c2cnc(Nc3ccc(N4CC5CC(C4)N5C)c(C)c3)nc2n1-c1ccc2c(n1)C(C)(O)CC2. The number of fused-ring (bicyclic) bond motifs is 4. The molecule has 3 atom stereocenters. The van der Waals surface area contributed by atoms with E-state index >= 15 is 0 Å². The Kier molecular flexibility index (Phi) is 5.62. The Labute approximate surface area is 232 Å². The Balaban J connectivity index is 1.24. The lowest BCUT2D eigenvalue weighted by Gasteiger charge is -2.55. The van der Waals surface area contributed by atoms with Crippen LogP contribution in [0.25, 0.3) is 16.9 Å². The lowest BCUT2D eigenvalue weighted by molar-refractivity contribution is 0.0263. The van der Waals surface area contributed by atoms with Crippen LogP contribution in [0.5, 0.6) is 0 Å². The summed E-state index contributed by atoms with van der Waals surface area (Å²) in [5.41, 5.74) is 4.22. The molecule has 6 heterocycles. The zero-order valence-corrected chi connectivity index (χ0v) is 23.1. The molecule has 206 valence electrons. The number of aliphatic hydroxyl groups is 1. The standard InChI is InChI=1S/C30H34N8O2/c1-5-12-37-28(39)23-15-31-29(34-27(23)38(37)25-9-6-19-10-11-30(3,40)26(19)33-25)32-20-7-8-24(18(2)13-20)36-16-21-14-22(17-36)35(21)4/h5-9,13,15,21-22,40H,1,10-12,14,16-17H2,2-4H3,(H,31,32,34). The number of pyridine rings is 1. The number of piperazine rings is 1. The molecule has 0 saturated carbocycles. The zero-order valence-electron chi connectivity index (χ0n) is 23.1. The summed E-state index contributed by atoms with van der Waals surface area (Å²) in [4.78, 5) is 32.4. The molecule has 0 radical (unpaired) electrons. The van der Waals surface area contributed by atoms with Gasteiger partial charge >= 0.3 is 0 Å². The molecule has 2 N–H and O–H groups in total. The summed E-state index contributed by atoms with van der Waals surface area (Å²) < 4.78 is 3.25. The van der Waals surface area contributed by atoms with Crippen LogP contribution in [0.3, 0.4) is 0 Å². The Bertz CT molecular complexity index is 1710. The fourth-order valence-electron chi connectivity index (χ4n) is 6.58. The first-order valence-electron chi connectivity index (χ1n) is 13.9. The lowest BCUT2D eigenvalue weighted by atomic mass is 9.88. The van der Waals surface area contributed by atoms with Crippen molar-refractivity contribution in [2.45, 2.75) is 57.3 Å². The predicted octanol–water partition coefficient (Wildman–Crippen LogP) is 3.26. The maximum Gasteiger partial charge on any atom is 0.278 e. The molecule has 10 nitrogen and oxygen atoms in total. The quantitative estimate of drug-likeness (QED) is 0.361. The highest BCUT2D eigenvalue weighted by Crippen LogP contribution is 2.36. The largest absolute Gasteiger partial charge is 0.384 e. The van der Waals surface area contributed by atoms with Crippen molar-refractivity contribution in [1.82, 2.24) is 29.2 Å². The molecule has 4 aromatic rings. The van der Waals surface area contributed by atoms with Gasteiger partial charge < -0.3 is 15.3 Å². The second kappa shape index (κ2) is 9.00. The number of rotatable bonds is 6. The van der Waals surface area contributed by atoms with Gasteiger partial charge in [0.05, 0.1) is 12.2 Å². The number of hydrogen-bond donors (Lipinski definition) is 2. The molecule has 3 aliphatic heterocycles. The highest BCUT2D eigenvalue weighted by atomic mass is 16.3. The van der Waals surface area contributed by atoms with Crippen LogP contribution in [0.15, 0.2) is 54.0 Å². The monoisotopic (exact) mass is 538 g/mol. The number of nitrogens with zero attached hydrogens (tertiary/aromatic N) is 7. The lowest BCUT2D eigenvalue weighted by Crippen LogP contribution is -2.67. The highest BCUT2D eigenvalue weighted by molar-refractivity contribution is 5.77. The molecular formula is C30H34N8O2. The molecule has 3 fully saturated rings. The van der Waals surface area contributed by atoms with Crippen molar-refractivity contribution in [2.24, 2.45) is 0 Å². The Hall–Kier alpha value is -4.02. The van der Waals surface area contributed by atoms with Crippen molar-refractivity contribution in [2.75, 3.05) is 30.4 Å². The number of benzene rings is 1. The maximum absolute atomic E-state index is 13.3. The van der Waals surface area contributed by atoms with Crippen LogP contribution in [-0.2, 0) is 18.6 Å². The predicted molar refractivity (Wildman–Crippen MR) is 156 cm³/mol. The number of allylic oxidation sites excluding steroid dienone is 1. The van der Waals surface area contributed by atoms with Crippen LogP contribution >= 0.6 is 0 Å². The van der Waals surface area contributed by atoms with E-state index in [4.69, 9.17) is 9.97 Å². The van der Waals surface area contributed by atoms with Crippen molar-refractivity contribution in [3.05, 3.63) is 76.4 Å². The van der Waals surface area contributed by atoms with Gasteiger partial charge in [-0.25, -0.2) is 19.3 Å². The highest BCUT2D eigenvalue weighted by Gasteiger charge is 2.42. The van der Waals surface area contributed by atoms with Crippen molar-refractivity contribution >= 4 is 28.4 Å².